The van der Waals surface area contributed by atoms with Gasteiger partial charge in [-0.1, -0.05) is 13.8 Å². The maximum atomic E-state index is 4.30. The zero-order chi connectivity index (χ0) is 12.1. The van der Waals surface area contributed by atoms with Crippen molar-refractivity contribution in [3.8, 4) is 0 Å². The van der Waals surface area contributed by atoms with Crippen LogP contribution in [0, 0.1) is 12.8 Å². The van der Waals surface area contributed by atoms with Crippen molar-refractivity contribution in [2.75, 3.05) is 17.2 Å². The number of rotatable bonds is 5. The van der Waals surface area contributed by atoms with E-state index in [4.69, 9.17) is 0 Å². The van der Waals surface area contributed by atoms with E-state index in [1.54, 1.807) is 0 Å². The number of nitrogens with zero attached hydrogens (tertiary/aromatic N) is 3. The molecule has 0 aliphatic heterocycles. The van der Waals surface area contributed by atoms with Crippen molar-refractivity contribution in [2.24, 2.45) is 5.92 Å². The van der Waals surface area contributed by atoms with E-state index >= 15 is 0 Å². The topological polar surface area (TPSA) is 62.7 Å². The van der Waals surface area contributed by atoms with Crippen molar-refractivity contribution >= 4 is 11.9 Å². The molecule has 5 nitrogen and oxygen atoms in total. The zero-order valence-corrected chi connectivity index (χ0v) is 10.7. The molecule has 16 heavy (non-hydrogen) atoms. The van der Waals surface area contributed by atoms with E-state index in [-0.39, 0.29) is 0 Å². The lowest BCUT2D eigenvalue weighted by molar-refractivity contribution is 0.683. The minimum atomic E-state index is 0.319. The summed E-state index contributed by atoms with van der Waals surface area (Å²) in [5.74, 6) is 2.57. The number of aromatic nitrogens is 3. The molecular weight excluding hydrogens is 202 g/mol. The number of nitrogens with one attached hydrogen (secondary N) is 2. The standard InChI is InChI=1S/C11H21N5/c1-7(2)6-12-10-14-9(5)15-11(16-10)13-8(3)4/h7-8H,6H2,1-5H3,(H2,12,13,14,15,16). The summed E-state index contributed by atoms with van der Waals surface area (Å²) in [6.45, 7) is 11.1. The van der Waals surface area contributed by atoms with E-state index in [9.17, 15) is 0 Å². The number of hydrogen-bond donors (Lipinski definition) is 2. The fourth-order valence-electron chi connectivity index (χ4n) is 1.18. The van der Waals surface area contributed by atoms with Crippen LogP contribution < -0.4 is 10.6 Å². The van der Waals surface area contributed by atoms with Gasteiger partial charge in [-0.25, -0.2) is 0 Å². The van der Waals surface area contributed by atoms with Crippen LogP contribution >= 0.6 is 0 Å². The lowest BCUT2D eigenvalue weighted by atomic mass is 10.2. The van der Waals surface area contributed by atoms with Crippen LogP contribution in [0.2, 0.25) is 0 Å². The molecule has 0 bridgehead atoms. The van der Waals surface area contributed by atoms with Gasteiger partial charge in [0.15, 0.2) is 0 Å². The lowest BCUT2D eigenvalue weighted by Gasteiger charge is -2.11. The number of hydrogen-bond acceptors (Lipinski definition) is 5. The Morgan fingerprint density at radius 3 is 2.19 bits per heavy atom. The van der Waals surface area contributed by atoms with Crippen molar-refractivity contribution in [1.29, 1.82) is 0 Å². The molecule has 5 heteroatoms. The molecular formula is C11H21N5. The summed E-state index contributed by atoms with van der Waals surface area (Å²) in [6.07, 6.45) is 0. The molecule has 0 saturated carbocycles. The predicted molar refractivity (Wildman–Crippen MR) is 66.7 cm³/mol. The summed E-state index contributed by atoms with van der Waals surface area (Å²) in [4.78, 5) is 12.8. The molecule has 1 rings (SSSR count). The van der Waals surface area contributed by atoms with Crippen LogP contribution in [-0.4, -0.2) is 27.5 Å². The summed E-state index contributed by atoms with van der Waals surface area (Å²) >= 11 is 0. The summed E-state index contributed by atoms with van der Waals surface area (Å²) in [5, 5.41) is 6.37. The van der Waals surface area contributed by atoms with Crippen LogP contribution in [0.5, 0.6) is 0 Å². The monoisotopic (exact) mass is 223 g/mol. The second-order valence-corrected chi connectivity index (χ2v) is 4.60. The van der Waals surface area contributed by atoms with Crippen LogP contribution in [0.4, 0.5) is 11.9 Å². The molecule has 0 aromatic carbocycles. The largest absolute Gasteiger partial charge is 0.354 e. The molecule has 1 heterocycles. The first-order valence-corrected chi connectivity index (χ1v) is 5.70. The van der Waals surface area contributed by atoms with Crippen molar-refractivity contribution in [3.05, 3.63) is 5.82 Å². The quantitative estimate of drug-likeness (QED) is 0.800. The zero-order valence-electron chi connectivity index (χ0n) is 10.7. The van der Waals surface area contributed by atoms with Gasteiger partial charge >= 0.3 is 0 Å². The summed E-state index contributed by atoms with van der Waals surface area (Å²) in [5.41, 5.74) is 0. The first kappa shape index (κ1) is 12.7. The van der Waals surface area contributed by atoms with E-state index in [0.717, 1.165) is 12.4 Å². The van der Waals surface area contributed by atoms with Gasteiger partial charge in [0.1, 0.15) is 5.82 Å². The first-order valence-electron chi connectivity index (χ1n) is 5.70. The fraction of sp³-hybridized carbons (Fsp3) is 0.727. The summed E-state index contributed by atoms with van der Waals surface area (Å²) in [6, 6.07) is 0.319. The van der Waals surface area contributed by atoms with Gasteiger partial charge in [0.2, 0.25) is 11.9 Å². The van der Waals surface area contributed by atoms with E-state index in [0.29, 0.717) is 23.9 Å². The Kier molecular flexibility index (Phi) is 4.46. The van der Waals surface area contributed by atoms with Gasteiger partial charge in [0.25, 0.3) is 0 Å². The summed E-state index contributed by atoms with van der Waals surface area (Å²) < 4.78 is 0. The fourth-order valence-corrected chi connectivity index (χ4v) is 1.18. The van der Waals surface area contributed by atoms with Crippen molar-refractivity contribution in [1.82, 2.24) is 15.0 Å². The normalized spacial score (nSPS) is 10.9. The Morgan fingerprint density at radius 2 is 1.62 bits per heavy atom. The molecule has 0 fully saturated rings. The average molecular weight is 223 g/mol. The molecule has 0 aliphatic carbocycles. The molecule has 90 valence electrons. The van der Waals surface area contributed by atoms with E-state index in [1.165, 1.54) is 0 Å². The summed E-state index contributed by atoms with van der Waals surface area (Å²) in [7, 11) is 0. The first-order chi connectivity index (χ1) is 7.47. The smallest absolute Gasteiger partial charge is 0.227 e. The third kappa shape index (κ3) is 4.42. The average Bonchev–Trinajstić information content (AvgIpc) is 2.12. The van der Waals surface area contributed by atoms with Crippen molar-refractivity contribution in [3.63, 3.8) is 0 Å². The van der Waals surface area contributed by atoms with Gasteiger partial charge in [0.05, 0.1) is 0 Å². The molecule has 0 spiro atoms. The van der Waals surface area contributed by atoms with Gasteiger partial charge in [-0.3, -0.25) is 0 Å². The van der Waals surface area contributed by atoms with Gasteiger partial charge in [-0.05, 0) is 26.7 Å². The maximum absolute atomic E-state index is 4.30. The minimum absolute atomic E-state index is 0.319. The Morgan fingerprint density at radius 1 is 1.00 bits per heavy atom. The maximum Gasteiger partial charge on any atom is 0.227 e. The number of anilines is 2. The van der Waals surface area contributed by atoms with Crippen LogP contribution in [-0.2, 0) is 0 Å². The van der Waals surface area contributed by atoms with Crippen LogP contribution in [0.1, 0.15) is 33.5 Å². The molecule has 0 atom stereocenters. The molecule has 2 N–H and O–H groups in total. The predicted octanol–water partition coefficient (Wildman–Crippen LogP) is 2.07. The van der Waals surface area contributed by atoms with Crippen molar-refractivity contribution < 1.29 is 0 Å². The molecule has 1 aromatic heterocycles. The van der Waals surface area contributed by atoms with E-state index in [2.05, 4.69) is 53.3 Å². The van der Waals surface area contributed by atoms with E-state index in [1.807, 2.05) is 6.92 Å². The van der Waals surface area contributed by atoms with Crippen LogP contribution in [0.25, 0.3) is 0 Å². The lowest BCUT2D eigenvalue weighted by Crippen LogP contribution is -2.16. The van der Waals surface area contributed by atoms with E-state index < -0.39 is 0 Å². The van der Waals surface area contributed by atoms with Crippen LogP contribution in [0.3, 0.4) is 0 Å². The highest BCUT2D eigenvalue weighted by Gasteiger charge is 2.04. The Hall–Kier alpha value is -1.39. The molecule has 0 radical (unpaired) electrons. The third-order valence-electron chi connectivity index (χ3n) is 1.83. The third-order valence-corrected chi connectivity index (χ3v) is 1.83. The SMILES string of the molecule is Cc1nc(NCC(C)C)nc(NC(C)C)n1. The van der Waals surface area contributed by atoms with Gasteiger partial charge in [0, 0.05) is 12.6 Å². The highest BCUT2D eigenvalue weighted by atomic mass is 15.2. The second-order valence-electron chi connectivity index (χ2n) is 4.60. The van der Waals surface area contributed by atoms with Gasteiger partial charge in [-0.15, -0.1) is 0 Å². The number of aryl methyl sites for hydroxylation is 1. The van der Waals surface area contributed by atoms with Crippen molar-refractivity contribution in [2.45, 2.75) is 40.7 Å². The highest BCUT2D eigenvalue weighted by Crippen LogP contribution is 2.06. The highest BCUT2D eigenvalue weighted by molar-refractivity contribution is 5.34. The Balaban J connectivity index is 2.73. The minimum Gasteiger partial charge on any atom is -0.354 e. The molecule has 0 amide bonds. The van der Waals surface area contributed by atoms with Crippen LogP contribution in [0.15, 0.2) is 0 Å². The van der Waals surface area contributed by atoms with Gasteiger partial charge < -0.3 is 10.6 Å². The molecule has 0 unspecified atom stereocenters. The molecule has 1 aromatic rings. The second kappa shape index (κ2) is 5.63. The Bertz CT molecular complexity index is 335. The van der Waals surface area contributed by atoms with Gasteiger partial charge in [-0.2, -0.15) is 15.0 Å². The molecule has 0 saturated heterocycles. The molecule has 0 aliphatic rings. The Labute approximate surface area is 97.1 Å².